The van der Waals surface area contributed by atoms with Crippen LogP contribution in [0.2, 0.25) is 0 Å². The van der Waals surface area contributed by atoms with Crippen molar-refractivity contribution >= 4 is 5.69 Å². The van der Waals surface area contributed by atoms with Crippen LogP contribution in [0.25, 0.3) is 95.4 Å². The molecular formula is C49H31N7. The van der Waals surface area contributed by atoms with Gasteiger partial charge < -0.3 is 0 Å². The highest BCUT2D eigenvalue weighted by atomic mass is 15.0. The zero-order valence-corrected chi connectivity index (χ0v) is 30.0. The zero-order valence-electron chi connectivity index (χ0n) is 30.0. The second-order valence-corrected chi connectivity index (χ2v) is 13.1. The van der Waals surface area contributed by atoms with Crippen LogP contribution < -0.4 is 0 Å². The summed E-state index contributed by atoms with van der Waals surface area (Å²) in [7, 11) is 0. The van der Waals surface area contributed by atoms with Crippen molar-refractivity contribution in [2.75, 3.05) is 0 Å². The molecule has 0 saturated heterocycles. The maximum absolute atomic E-state index is 7.79. The van der Waals surface area contributed by atoms with Crippen LogP contribution in [-0.2, 0) is 0 Å². The monoisotopic (exact) mass is 717 g/mol. The van der Waals surface area contributed by atoms with Gasteiger partial charge in [0.2, 0.25) is 0 Å². The number of rotatable bonds is 8. The molecule has 9 rings (SSSR count). The fourth-order valence-corrected chi connectivity index (χ4v) is 6.54. The minimum Gasteiger partial charge on any atom is -0.237 e. The van der Waals surface area contributed by atoms with E-state index in [1.807, 2.05) is 133 Å². The molecule has 0 saturated carbocycles. The number of nitrogens with zero attached hydrogens (tertiary/aromatic N) is 7. The Bertz CT molecular complexity index is 2780. The van der Waals surface area contributed by atoms with Gasteiger partial charge in [0.1, 0.15) is 0 Å². The van der Waals surface area contributed by atoms with E-state index in [1.54, 1.807) is 6.07 Å². The van der Waals surface area contributed by atoms with E-state index in [2.05, 4.69) is 53.4 Å². The molecule has 7 heteroatoms. The standard InChI is InChI=1S/C49H31N7/c1-50-43-23-12-11-22-42(43)49-55-46(38-28-24-34(25-29-38)33-14-5-2-6-15-33)52-47(56-49)39-30-26-35(27-31-39)40-20-13-21-41(32-40)48-53-44(36-16-7-3-8-17-36)51-45(54-48)37-18-9-4-10-19-37/h2-32H. The smallest absolute Gasteiger partial charge is 0.198 e. The maximum atomic E-state index is 7.79. The number of hydrogen-bond acceptors (Lipinski definition) is 6. The molecule has 0 spiro atoms. The van der Waals surface area contributed by atoms with Crippen molar-refractivity contribution in [1.82, 2.24) is 29.9 Å². The average Bonchev–Trinajstić information content (AvgIpc) is 3.29. The molecule has 56 heavy (non-hydrogen) atoms. The molecule has 0 atom stereocenters. The third-order valence-electron chi connectivity index (χ3n) is 9.45. The third-order valence-corrected chi connectivity index (χ3v) is 9.45. The normalized spacial score (nSPS) is 10.8. The number of para-hydroxylation sites is 1. The van der Waals surface area contributed by atoms with Crippen LogP contribution in [0.5, 0.6) is 0 Å². The number of benzene rings is 7. The van der Waals surface area contributed by atoms with Gasteiger partial charge in [-0.2, -0.15) is 0 Å². The molecule has 262 valence electrons. The summed E-state index contributed by atoms with van der Waals surface area (Å²) in [5, 5.41) is 0. The average molecular weight is 718 g/mol. The molecule has 0 N–H and O–H groups in total. The Labute approximate surface area is 324 Å². The molecule has 0 bridgehead atoms. The molecule has 0 aliphatic carbocycles. The van der Waals surface area contributed by atoms with Crippen molar-refractivity contribution < 1.29 is 0 Å². The predicted molar refractivity (Wildman–Crippen MR) is 223 cm³/mol. The van der Waals surface area contributed by atoms with Crippen LogP contribution in [0.1, 0.15) is 0 Å². The highest BCUT2D eigenvalue weighted by Crippen LogP contribution is 2.33. The molecule has 0 aliphatic heterocycles. The molecule has 0 fully saturated rings. The van der Waals surface area contributed by atoms with Gasteiger partial charge in [0.15, 0.2) is 40.6 Å². The van der Waals surface area contributed by atoms with Gasteiger partial charge >= 0.3 is 0 Å². The van der Waals surface area contributed by atoms with E-state index in [0.29, 0.717) is 46.2 Å². The molecule has 0 aliphatic rings. The van der Waals surface area contributed by atoms with Gasteiger partial charge in [0, 0.05) is 33.4 Å². The Morgan fingerprint density at radius 2 is 0.589 bits per heavy atom. The summed E-state index contributed by atoms with van der Waals surface area (Å²) >= 11 is 0. The van der Waals surface area contributed by atoms with E-state index in [0.717, 1.165) is 50.1 Å². The lowest BCUT2D eigenvalue weighted by molar-refractivity contribution is 1.07. The third kappa shape index (κ3) is 7.06. The lowest BCUT2D eigenvalue weighted by Gasteiger charge is -2.11. The molecule has 0 unspecified atom stereocenters. The van der Waals surface area contributed by atoms with Crippen LogP contribution in [-0.4, -0.2) is 29.9 Å². The topological polar surface area (TPSA) is 81.7 Å². The molecule has 2 heterocycles. The summed E-state index contributed by atoms with van der Waals surface area (Å²) in [6.45, 7) is 7.79. The van der Waals surface area contributed by atoms with Gasteiger partial charge in [0.05, 0.1) is 6.57 Å². The van der Waals surface area contributed by atoms with Gasteiger partial charge in [-0.15, -0.1) is 0 Å². The van der Waals surface area contributed by atoms with Crippen molar-refractivity contribution in [2.24, 2.45) is 0 Å². The quantitative estimate of drug-likeness (QED) is 0.146. The zero-order chi connectivity index (χ0) is 37.7. The van der Waals surface area contributed by atoms with Crippen molar-refractivity contribution in [3.63, 3.8) is 0 Å². The summed E-state index contributed by atoms with van der Waals surface area (Å²) in [4.78, 5) is 33.2. The first-order chi connectivity index (χ1) is 27.7. The Balaban J connectivity index is 1.08. The van der Waals surface area contributed by atoms with Gasteiger partial charge in [-0.25, -0.2) is 34.7 Å². The minimum atomic E-state index is 0.447. The molecule has 0 radical (unpaired) electrons. The van der Waals surface area contributed by atoms with E-state index < -0.39 is 0 Å². The second-order valence-electron chi connectivity index (χ2n) is 13.1. The number of hydrogen-bond donors (Lipinski definition) is 0. The maximum Gasteiger partial charge on any atom is 0.198 e. The van der Waals surface area contributed by atoms with Crippen molar-refractivity contribution in [3.8, 4) is 90.6 Å². The van der Waals surface area contributed by atoms with E-state index >= 15 is 0 Å². The summed E-state index contributed by atoms with van der Waals surface area (Å²) < 4.78 is 0. The SMILES string of the molecule is [C-]#[N+]c1ccccc1-c1nc(-c2ccc(-c3ccccc3)cc2)nc(-c2ccc(-c3cccc(-c4nc(-c5ccccc5)nc(-c5ccccc5)n4)c3)cc2)n1. The molecule has 0 amide bonds. The van der Waals surface area contributed by atoms with Crippen LogP contribution in [0, 0.1) is 6.57 Å². The first kappa shape index (κ1) is 33.9. The van der Waals surface area contributed by atoms with E-state index in [-0.39, 0.29) is 0 Å². The lowest BCUT2D eigenvalue weighted by atomic mass is 10.0. The Kier molecular flexibility index (Phi) is 9.18. The minimum absolute atomic E-state index is 0.447. The van der Waals surface area contributed by atoms with Crippen molar-refractivity contribution in [1.29, 1.82) is 0 Å². The lowest BCUT2D eigenvalue weighted by Crippen LogP contribution is -2.00. The summed E-state index contributed by atoms with van der Waals surface area (Å²) in [6, 6.07) is 62.2. The van der Waals surface area contributed by atoms with Crippen LogP contribution in [0.15, 0.2) is 188 Å². The molecule has 7 aromatic carbocycles. The Morgan fingerprint density at radius 1 is 0.268 bits per heavy atom. The molecule has 9 aromatic rings. The van der Waals surface area contributed by atoms with Gasteiger partial charge in [-0.1, -0.05) is 182 Å². The van der Waals surface area contributed by atoms with Gasteiger partial charge in [-0.05, 0) is 28.3 Å². The van der Waals surface area contributed by atoms with E-state index in [4.69, 9.17) is 36.5 Å². The van der Waals surface area contributed by atoms with Crippen LogP contribution in [0.4, 0.5) is 5.69 Å². The molecule has 7 nitrogen and oxygen atoms in total. The fourth-order valence-electron chi connectivity index (χ4n) is 6.54. The summed E-state index contributed by atoms with van der Waals surface area (Å²) in [5.41, 5.74) is 9.81. The van der Waals surface area contributed by atoms with Crippen molar-refractivity contribution in [3.05, 3.63) is 199 Å². The van der Waals surface area contributed by atoms with Crippen LogP contribution >= 0.6 is 0 Å². The van der Waals surface area contributed by atoms with E-state index in [9.17, 15) is 0 Å². The predicted octanol–water partition coefficient (Wildman–Crippen LogP) is 11.9. The van der Waals surface area contributed by atoms with E-state index in [1.165, 1.54) is 0 Å². The fraction of sp³-hybridized carbons (Fsp3) is 0. The highest BCUT2D eigenvalue weighted by molar-refractivity contribution is 5.78. The van der Waals surface area contributed by atoms with Gasteiger partial charge in [-0.3, -0.25) is 0 Å². The Morgan fingerprint density at radius 3 is 1.09 bits per heavy atom. The summed E-state index contributed by atoms with van der Waals surface area (Å²) in [5.74, 6) is 3.32. The van der Waals surface area contributed by atoms with Gasteiger partial charge in [0.25, 0.3) is 0 Å². The number of aromatic nitrogens is 6. The largest absolute Gasteiger partial charge is 0.237 e. The molecule has 2 aromatic heterocycles. The van der Waals surface area contributed by atoms with Crippen LogP contribution in [0.3, 0.4) is 0 Å². The second kappa shape index (κ2) is 15.2. The Hall–Kier alpha value is -7.95. The molecular weight excluding hydrogens is 687 g/mol. The highest BCUT2D eigenvalue weighted by Gasteiger charge is 2.16. The van der Waals surface area contributed by atoms with Crippen molar-refractivity contribution in [2.45, 2.75) is 0 Å². The first-order valence-corrected chi connectivity index (χ1v) is 18.2. The first-order valence-electron chi connectivity index (χ1n) is 18.2. The summed E-state index contributed by atoms with van der Waals surface area (Å²) in [6.07, 6.45) is 0.